The number of carboxylic acid groups (broad SMARTS) is 1. The molecule has 3 N–H and O–H groups in total. The Bertz CT molecular complexity index is 1230. The van der Waals surface area contributed by atoms with Gasteiger partial charge in [-0.2, -0.15) is 0 Å². The number of carboxylic acids is 1. The Morgan fingerprint density at radius 1 is 1.27 bits per heavy atom. The van der Waals surface area contributed by atoms with E-state index in [1.165, 1.54) is 6.20 Å². The van der Waals surface area contributed by atoms with E-state index in [4.69, 9.17) is 9.72 Å². The van der Waals surface area contributed by atoms with Gasteiger partial charge in [0, 0.05) is 25.5 Å². The van der Waals surface area contributed by atoms with E-state index in [1.54, 1.807) is 6.20 Å². The fraction of sp³-hybridized carbons (Fsp3) is 0.417. The second-order valence-corrected chi connectivity index (χ2v) is 9.80. The summed E-state index contributed by atoms with van der Waals surface area (Å²) in [5.41, 5.74) is 2.76. The summed E-state index contributed by atoms with van der Waals surface area (Å²) in [5, 5.41) is 12.9. The highest BCUT2D eigenvalue weighted by atomic mass is 16.6. The van der Waals surface area contributed by atoms with E-state index in [0.717, 1.165) is 16.6 Å². The number of hydrogen-bond acceptors (Lipinski definition) is 6. The number of carbonyl (C=O) groups excluding carboxylic acids is 1. The summed E-state index contributed by atoms with van der Waals surface area (Å²) >= 11 is 0. The van der Waals surface area contributed by atoms with Crippen molar-refractivity contribution in [2.75, 3.05) is 18.0 Å². The van der Waals surface area contributed by atoms with Crippen molar-refractivity contribution in [3.8, 4) is 11.4 Å². The number of para-hydroxylation sites is 1. The van der Waals surface area contributed by atoms with Crippen LogP contribution in [0.4, 0.5) is 10.5 Å². The third-order valence-corrected chi connectivity index (χ3v) is 5.71. The maximum atomic E-state index is 12.4. The fourth-order valence-electron chi connectivity index (χ4n) is 4.23. The molecule has 1 atom stereocenters. The molecule has 1 unspecified atom stereocenters. The number of aromatic carboxylic acids is 1. The Hall–Kier alpha value is -3.62. The average molecular weight is 452 g/mol. The summed E-state index contributed by atoms with van der Waals surface area (Å²) < 4.78 is 5.42. The van der Waals surface area contributed by atoms with Crippen molar-refractivity contribution in [3.63, 3.8) is 0 Å². The summed E-state index contributed by atoms with van der Waals surface area (Å²) in [7, 11) is 0. The monoisotopic (exact) mass is 451 g/mol. The average Bonchev–Trinajstić information content (AvgIpc) is 3.30. The second kappa shape index (κ2) is 8.06. The van der Waals surface area contributed by atoms with E-state index in [1.807, 2.05) is 57.7 Å². The molecule has 0 bridgehead atoms. The van der Waals surface area contributed by atoms with Crippen molar-refractivity contribution in [2.24, 2.45) is 0 Å². The molecular weight excluding hydrogens is 422 g/mol. The van der Waals surface area contributed by atoms with Crippen LogP contribution < -0.4 is 10.2 Å². The fourth-order valence-corrected chi connectivity index (χ4v) is 4.23. The molecule has 2 aromatic heterocycles. The van der Waals surface area contributed by atoms with E-state index >= 15 is 0 Å². The maximum absolute atomic E-state index is 12.4. The minimum atomic E-state index is -1.07. The molecule has 1 aliphatic heterocycles. The number of alkyl carbamates (subject to hydrolysis) is 1. The Balaban J connectivity index is 1.71. The van der Waals surface area contributed by atoms with E-state index in [0.29, 0.717) is 36.6 Å². The van der Waals surface area contributed by atoms with Gasteiger partial charge < -0.3 is 25.0 Å². The lowest BCUT2D eigenvalue weighted by Gasteiger charge is -2.29. The normalized spacial score (nSPS) is 18.5. The number of nitrogens with one attached hydrogen (secondary N) is 2. The number of aryl methyl sites for hydroxylation is 1. The van der Waals surface area contributed by atoms with Gasteiger partial charge in [-0.25, -0.2) is 14.6 Å². The number of imidazole rings is 1. The molecule has 1 fully saturated rings. The third kappa shape index (κ3) is 4.62. The van der Waals surface area contributed by atoms with Gasteiger partial charge in [0.05, 0.1) is 27.8 Å². The summed E-state index contributed by atoms with van der Waals surface area (Å²) in [6, 6.07) is 5.86. The van der Waals surface area contributed by atoms with E-state index in [9.17, 15) is 14.7 Å². The molecule has 9 nitrogen and oxygen atoms in total. The lowest BCUT2D eigenvalue weighted by molar-refractivity contribution is 0.0472. The Morgan fingerprint density at radius 3 is 2.70 bits per heavy atom. The molecule has 1 aliphatic rings. The van der Waals surface area contributed by atoms with E-state index < -0.39 is 23.2 Å². The number of pyridine rings is 1. The molecule has 3 heterocycles. The van der Waals surface area contributed by atoms with Crippen LogP contribution >= 0.6 is 0 Å². The van der Waals surface area contributed by atoms with Gasteiger partial charge in [-0.15, -0.1) is 0 Å². The number of benzene rings is 1. The number of amides is 1. The molecule has 0 saturated carbocycles. The Morgan fingerprint density at radius 2 is 2.03 bits per heavy atom. The molecule has 33 heavy (non-hydrogen) atoms. The number of anilines is 1. The van der Waals surface area contributed by atoms with Crippen molar-refractivity contribution in [1.82, 2.24) is 20.3 Å². The van der Waals surface area contributed by atoms with Gasteiger partial charge in [0.15, 0.2) is 0 Å². The minimum absolute atomic E-state index is 0.0891. The van der Waals surface area contributed by atoms with Crippen molar-refractivity contribution in [1.29, 1.82) is 0 Å². The third-order valence-electron chi connectivity index (χ3n) is 5.71. The van der Waals surface area contributed by atoms with Crippen LogP contribution in [0.5, 0.6) is 0 Å². The van der Waals surface area contributed by atoms with Crippen molar-refractivity contribution in [3.05, 3.63) is 41.7 Å². The zero-order valence-corrected chi connectivity index (χ0v) is 19.5. The molecule has 1 aromatic carbocycles. The predicted molar refractivity (Wildman–Crippen MR) is 126 cm³/mol. The number of hydrogen-bond donors (Lipinski definition) is 3. The van der Waals surface area contributed by atoms with Crippen LogP contribution in [0.1, 0.15) is 50.0 Å². The number of carbonyl (C=O) groups is 2. The SMILES string of the molecule is Cc1cccc2[nH]c(-c3cncc(C(=O)O)c3N3CCC(C)(NC(=O)OC(C)(C)C)C3)nc12. The van der Waals surface area contributed by atoms with Crippen LogP contribution in [0.3, 0.4) is 0 Å². The first-order valence-corrected chi connectivity index (χ1v) is 10.9. The van der Waals surface area contributed by atoms with Gasteiger partial charge >= 0.3 is 12.1 Å². The van der Waals surface area contributed by atoms with Crippen LogP contribution in [0, 0.1) is 6.92 Å². The van der Waals surface area contributed by atoms with Crippen molar-refractivity contribution >= 4 is 28.8 Å². The first-order chi connectivity index (χ1) is 15.5. The number of fused-ring (bicyclic) bond motifs is 1. The van der Waals surface area contributed by atoms with Crippen LogP contribution in [-0.2, 0) is 4.74 Å². The lowest BCUT2D eigenvalue weighted by Crippen LogP contribution is -2.49. The number of nitrogens with zero attached hydrogens (tertiary/aromatic N) is 3. The molecule has 0 aliphatic carbocycles. The minimum Gasteiger partial charge on any atom is -0.478 e. The number of aromatic amines is 1. The smallest absolute Gasteiger partial charge is 0.408 e. The summed E-state index contributed by atoms with van der Waals surface area (Å²) in [6.07, 6.45) is 3.12. The number of ether oxygens (including phenoxy) is 1. The van der Waals surface area contributed by atoms with Gasteiger partial charge in [-0.05, 0) is 52.7 Å². The van der Waals surface area contributed by atoms with E-state index in [2.05, 4.69) is 15.3 Å². The Labute approximate surface area is 192 Å². The summed E-state index contributed by atoms with van der Waals surface area (Å²) in [4.78, 5) is 38.7. The lowest BCUT2D eigenvalue weighted by atomic mass is 10.0. The topological polar surface area (TPSA) is 120 Å². The molecule has 4 rings (SSSR count). The zero-order valence-electron chi connectivity index (χ0n) is 19.5. The molecule has 3 aromatic rings. The Kier molecular flexibility index (Phi) is 5.51. The first-order valence-electron chi connectivity index (χ1n) is 10.9. The van der Waals surface area contributed by atoms with Gasteiger partial charge in [-0.1, -0.05) is 12.1 Å². The van der Waals surface area contributed by atoms with Crippen molar-refractivity contribution in [2.45, 2.75) is 52.2 Å². The molecule has 9 heteroatoms. The first kappa shape index (κ1) is 22.6. The highest BCUT2D eigenvalue weighted by Gasteiger charge is 2.38. The quantitative estimate of drug-likeness (QED) is 0.545. The van der Waals surface area contributed by atoms with Crippen LogP contribution in [0.15, 0.2) is 30.6 Å². The highest BCUT2D eigenvalue weighted by Crippen LogP contribution is 2.37. The predicted octanol–water partition coefficient (Wildman–Crippen LogP) is 4.13. The summed E-state index contributed by atoms with van der Waals surface area (Å²) in [5.74, 6) is -0.515. The number of H-pyrrole nitrogens is 1. The highest BCUT2D eigenvalue weighted by molar-refractivity contribution is 5.99. The molecule has 174 valence electrons. The van der Waals surface area contributed by atoms with Crippen LogP contribution in [0.2, 0.25) is 0 Å². The molecule has 0 spiro atoms. The summed E-state index contributed by atoms with van der Waals surface area (Å²) in [6.45, 7) is 10.3. The van der Waals surface area contributed by atoms with Crippen molar-refractivity contribution < 1.29 is 19.4 Å². The zero-order chi connectivity index (χ0) is 24.0. The van der Waals surface area contributed by atoms with Gasteiger partial charge in [0.1, 0.15) is 17.0 Å². The maximum Gasteiger partial charge on any atom is 0.408 e. The standard InChI is InChI=1S/C24H29N5O4/c1-14-7-6-8-17-18(14)27-20(26-17)15-11-25-12-16(21(30)31)19(15)29-10-9-24(5,13-29)28-22(32)33-23(2,3)4/h6-8,11-12H,9-10,13H2,1-5H3,(H,26,27)(H,28,32)(H,30,31). The largest absolute Gasteiger partial charge is 0.478 e. The van der Waals surface area contributed by atoms with Gasteiger partial charge in [0.2, 0.25) is 0 Å². The van der Waals surface area contributed by atoms with Crippen LogP contribution in [-0.4, -0.2) is 56.4 Å². The molecule has 1 saturated heterocycles. The molecule has 1 amide bonds. The second-order valence-electron chi connectivity index (χ2n) is 9.80. The molecule has 0 radical (unpaired) electrons. The van der Waals surface area contributed by atoms with E-state index in [-0.39, 0.29) is 5.56 Å². The van der Waals surface area contributed by atoms with Gasteiger partial charge in [0.25, 0.3) is 0 Å². The molecular formula is C24H29N5O4. The van der Waals surface area contributed by atoms with Gasteiger partial charge in [-0.3, -0.25) is 4.98 Å². The number of rotatable bonds is 4. The van der Waals surface area contributed by atoms with Crippen LogP contribution in [0.25, 0.3) is 22.4 Å². The number of aromatic nitrogens is 3.